The van der Waals surface area contributed by atoms with Crippen LogP contribution < -0.4 is 5.32 Å². The highest BCUT2D eigenvalue weighted by Crippen LogP contribution is 2.25. The minimum absolute atomic E-state index is 0.234. The molecule has 0 bridgehead atoms. The average molecular weight is 485 g/mol. The maximum absolute atomic E-state index is 13.0. The first-order valence-electron chi connectivity index (χ1n) is 5.19. The van der Waals surface area contributed by atoms with Crippen LogP contribution in [0.2, 0.25) is 0 Å². The Balaban J connectivity index is 2.13. The van der Waals surface area contributed by atoms with Gasteiger partial charge in [0.25, 0.3) is 0 Å². The Kier molecular flexibility index (Phi) is 5.03. The molecule has 0 aliphatic carbocycles. The molecule has 0 amide bonds. The van der Waals surface area contributed by atoms with Crippen molar-refractivity contribution in [3.05, 3.63) is 60.3 Å². The van der Waals surface area contributed by atoms with E-state index in [1.807, 2.05) is 18.2 Å². The van der Waals surface area contributed by atoms with Crippen molar-refractivity contribution in [1.82, 2.24) is 0 Å². The van der Waals surface area contributed by atoms with Crippen LogP contribution in [0.3, 0.4) is 0 Å². The highest BCUT2D eigenvalue weighted by molar-refractivity contribution is 14.1. The van der Waals surface area contributed by atoms with Gasteiger partial charge in [0, 0.05) is 24.7 Å². The molecule has 1 N–H and O–H groups in total. The summed E-state index contributed by atoms with van der Waals surface area (Å²) in [5, 5.41) is 3.34. The Morgan fingerprint density at radius 3 is 2.61 bits per heavy atom. The molecular formula is C13H9Br2FIN. The molecule has 0 fully saturated rings. The first-order chi connectivity index (χ1) is 8.56. The molecule has 2 aromatic rings. The van der Waals surface area contributed by atoms with Crippen molar-refractivity contribution in [2.45, 2.75) is 6.54 Å². The van der Waals surface area contributed by atoms with E-state index in [1.54, 1.807) is 6.07 Å². The summed E-state index contributed by atoms with van der Waals surface area (Å²) >= 11 is 9.09. The Hall–Kier alpha value is -0.140. The van der Waals surface area contributed by atoms with Crippen LogP contribution in [-0.2, 0) is 6.54 Å². The highest BCUT2D eigenvalue weighted by Gasteiger charge is 2.04. The summed E-state index contributed by atoms with van der Waals surface area (Å²) in [5.74, 6) is -0.234. The van der Waals surface area contributed by atoms with Gasteiger partial charge in [-0.25, -0.2) is 4.39 Å². The maximum Gasteiger partial charge on any atom is 0.124 e. The van der Waals surface area contributed by atoms with Crippen LogP contribution in [0.1, 0.15) is 5.56 Å². The zero-order valence-corrected chi connectivity index (χ0v) is 14.5. The van der Waals surface area contributed by atoms with Gasteiger partial charge >= 0.3 is 0 Å². The summed E-state index contributed by atoms with van der Waals surface area (Å²) in [7, 11) is 0. The van der Waals surface area contributed by atoms with Crippen LogP contribution in [-0.4, -0.2) is 0 Å². The molecule has 0 spiro atoms. The lowest BCUT2D eigenvalue weighted by Crippen LogP contribution is -2.02. The number of hydrogen-bond acceptors (Lipinski definition) is 1. The van der Waals surface area contributed by atoms with Gasteiger partial charge in [-0.3, -0.25) is 0 Å². The van der Waals surface area contributed by atoms with Crippen molar-refractivity contribution in [1.29, 1.82) is 0 Å². The molecule has 0 unspecified atom stereocenters. The van der Waals surface area contributed by atoms with E-state index in [0.29, 0.717) is 6.54 Å². The molecule has 1 nitrogen and oxygen atoms in total. The fourth-order valence-corrected chi connectivity index (χ4v) is 2.87. The molecule has 0 aliphatic heterocycles. The molecule has 0 saturated heterocycles. The zero-order chi connectivity index (χ0) is 13.1. The number of hydrogen-bond donors (Lipinski definition) is 1. The fraction of sp³-hybridized carbons (Fsp3) is 0.0769. The molecule has 0 atom stereocenters. The van der Waals surface area contributed by atoms with E-state index < -0.39 is 0 Å². The number of nitrogens with one attached hydrogen (secondary N) is 1. The summed E-state index contributed by atoms with van der Waals surface area (Å²) in [5.41, 5.74) is 2.08. The summed E-state index contributed by atoms with van der Waals surface area (Å²) in [6.45, 7) is 0.646. The summed E-state index contributed by atoms with van der Waals surface area (Å²) < 4.78 is 15.9. The molecule has 0 radical (unpaired) electrons. The van der Waals surface area contributed by atoms with Crippen molar-refractivity contribution in [2.24, 2.45) is 0 Å². The van der Waals surface area contributed by atoms with Gasteiger partial charge in [-0.2, -0.15) is 0 Å². The standard InChI is InChI=1S/C13H9Br2FIN/c14-9-2-4-12(17)13(5-9)18-7-8-1-3-10(16)6-11(8)15/h1-6,18H,7H2. The highest BCUT2D eigenvalue weighted by atomic mass is 127. The third kappa shape index (κ3) is 3.68. The van der Waals surface area contributed by atoms with Crippen LogP contribution in [0.5, 0.6) is 0 Å². The third-order valence-electron chi connectivity index (χ3n) is 2.41. The molecule has 18 heavy (non-hydrogen) atoms. The predicted molar refractivity (Wildman–Crippen MR) is 88.3 cm³/mol. The van der Waals surface area contributed by atoms with Crippen LogP contribution in [0.25, 0.3) is 0 Å². The normalized spacial score (nSPS) is 10.4. The zero-order valence-electron chi connectivity index (χ0n) is 9.18. The monoisotopic (exact) mass is 483 g/mol. The SMILES string of the molecule is Fc1ccc(CNc2cc(Br)ccc2I)c(Br)c1. The van der Waals surface area contributed by atoms with Gasteiger partial charge in [-0.15, -0.1) is 0 Å². The van der Waals surface area contributed by atoms with E-state index in [9.17, 15) is 4.39 Å². The fourth-order valence-electron chi connectivity index (χ4n) is 1.49. The van der Waals surface area contributed by atoms with Crippen LogP contribution in [0, 0.1) is 9.39 Å². The average Bonchev–Trinajstić information content (AvgIpc) is 2.32. The molecule has 0 aliphatic rings. The van der Waals surface area contributed by atoms with E-state index in [-0.39, 0.29) is 5.82 Å². The number of benzene rings is 2. The predicted octanol–water partition coefficient (Wildman–Crippen LogP) is 5.57. The summed E-state index contributed by atoms with van der Waals surface area (Å²) in [4.78, 5) is 0. The van der Waals surface area contributed by atoms with Gasteiger partial charge in [0.05, 0.1) is 0 Å². The van der Waals surface area contributed by atoms with Gasteiger partial charge in [-0.1, -0.05) is 37.9 Å². The molecule has 2 aromatic carbocycles. The molecule has 0 heterocycles. The van der Waals surface area contributed by atoms with Crippen molar-refractivity contribution < 1.29 is 4.39 Å². The molecule has 5 heteroatoms. The second-order valence-corrected chi connectivity index (χ2v) is 6.65. The summed E-state index contributed by atoms with van der Waals surface area (Å²) in [6.07, 6.45) is 0. The third-order valence-corrected chi connectivity index (χ3v) is 4.58. The Morgan fingerprint density at radius 2 is 1.89 bits per heavy atom. The first kappa shape index (κ1) is 14.3. The second-order valence-electron chi connectivity index (χ2n) is 3.71. The largest absolute Gasteiger partial charge is 0.380 e. The topological polar surface area (TPSA) is 12.0 Å². The molecule has 2 rings (SSSR count). The summed E-state index contributed by atoms with van der Waals surface area (Å²) in [6, 6.07) is 10.8. The van der Waals surface area contributed by atoms with E-state index in [1.165, 1.54) is 12.1 Å². The smallest absolute Gasteiger partial charge is 0.124 e. The van der Waals surface area contributed by atoms with Crippen LogP contribution in [0.15, 0.2) is 45.3 Å². The number of rotatable bonds is 3. The minimum atomic E-state index is -0.234. The number of halogens is 4. The Bertz CT molecular complexity index is 575. The van der Waals surface area contributed by atoms with Gasteiger partial charge in [-0.05, 0) is 58.5 Å². The molecule has 0 aromatic heterocycles. The van der Waals surface area contributed by atoms with Crippen LogP contribution in [0.4, 0.5) is 10.1 Å². The molecule has 94 valence electrons. The quantitative estimate of drug-likeness (QED) is 0.562. The Morgan fingerprint density at radius 1 is 1.11 bits per heavy atom. The molecular weight excluding hydrogens is 476 g/mol. The lowest BCUT2D eigenvalue weighted by molar-refractivity contribution is 0.626. The van der Waals surface area contributed by atoms with Crippen molar-refractivity contribution in [2.75, 3.05) is 5.32 Å². The second kappa shape index (κ2) is 6.34. The van der Waals surface area contributed by atoms with E-state index in [0.717, 1.165) is 23.8 Å². The number of anilines is 1. The van der Waals surface area contributed by atoms with Gasteiger partial charge < -0.3 is 5.32 Å². The van der Waals surface area contributed by atoms with Crippen LogP contribution >= 0.6 is 54.5 Å². The van der Waals surface area contributed by atoms with E-state index in [2.05, 4.69) is 59.8 Å². The van der Waals surface area contributed by atoms with E-state index in [4.69, 9.17) is 0 Å². The van der Waals surface area contributed by atoms with Gasteiger partial charge in [0.1, 0.15) is 5.82 Å². The maximum atomic E-state index is 13.0. The van der Waals surface area contributed by atoms with Crippen molar-refractivity contribution in [3.63, 3.8) is 0 Å². The lowest BCUT2D eigenvalue weighted by atomic mass is 10.2. The van der Waals surface area contributed by atoms with Gasteiger partial charge in [0.2, 0.25) is 0 Å². The van der Waals surface area contributed by atoms with Crippen molar-refractivity contribution >= 4 is 60.1 Å². The minimum Gasteiger partial charge on any atom is -0.380 e. The van der Waals surface area contributed by atoms with Crippen molar-refractivity contribution in [3.8, 4) is 0 Å². The first-order valence-corrected chi connectivity index (χ1v) is 7.85. The van der Waals surface area contributed by atoms with E-state index >= 15 is 0 Å². The lowest BCUT2D eigenvalue weighted by Gasteiger charge is -2.10. The van der Waals surface area contributed by atoms with Gasteiger partial charge in [0.15, 0.2) is 0 Å². The Labute approximate surface area is 136 Å². The molecule has 0 saturated carbocycles.